The van der Waals surface area contributed by atoms with Crippen molar-refractivity contribution in [3.05, 3.63) is 0 Å². The first-order valence-corrected chi connectivity index (χ1v) is 6.86. The van der Waals surface area contributed by atoms with Gasteiger partial charge in [-0.25, -0.2) is 0 Å². The van der Waals surface area contributed by atoms with E-state index in [0.717, 1.165) is 23.8 Å². The van der Waals surface area contributed by atoms with Gasteiger partial charge in [0, 0.05) is 6.04 Å². The molecule has 0 saturated heterocycles. The van der Waals surface area contributed by atoms with Gasteiger partial charge in [-0.1, -0.05) is 27.7 Å². The van der Waals surface area contributed by atoms with Gasteiger partial charge in [-0.05, 0) is 56.4 Å². The summed E-state index contributed by atoms with van der Waals surface area (Å²) in [6.07, 6.45) is 6.94. The molecule has 1 rings (SSSR count). The highest BCUT2D eigenvalue weighted by atomic mass is 14.9. The van der Waals surface area contributed by atoms with Crippen molar-refractivity contribution >= 4 is 0 Å². The Morgan fingerprint density at radius 3 is 2.60 bits per heavy atom. The van der Waals surface area contributed by atoms with E-state index in [1.807, 2.05) is 0 Å². The molecule has 0 radical (unpaired) electrons. The maximum absolute atomic E-state index is 3.75. The van der Waals surface area contributed by atoms with Gasteiger partial charge >= 0.3 is 0 Å². The maximum atomic E-state index is 3.75. The van der Waals surface area contributed by atoms with Crippen LogP contribution in [-0.2, 0) is 0 Å². The van der Waals surface area contributed by atoms with Crippen LogP contribution in [0, 0.1) is 17.8 Å². The minimum atomic E-state index is 0.809. The lowest BCUT2D eigenvalue weighted by atomic mass is 9.75. The van der Waals surface area contributed by atoms with E-state index in [-0.39, 0.29) is 0 Å². The number of rotatable bonds is 5. The lowest BCUT2D eigenvalue weighted by molar-refractivity contribution is 0.188. The van der Waals surface area contributed by atoms with Crippen LogP contribution >= 0.6 is 0 Å². The second-order valence-corrected chi connectivity index (χ2v) is 5.87. The minimum Gasteiger partial charge on any atom is -0.314 e. The van der Waals surface area contributed by atoms with Crippen molar-refractivity contribution in [3.63, 3.8) is 0 Å². The van der Waals surface area contributed by atoms with Gasteiger partial charge in [-0.15, -0.1) is 0 Å². The summed E-state index contributed by atoms with van der Waals surface area (Å²) in [6.45, 7) is 10.6. The van der Waals surface area contributed by atoms with E-state index in [0.29, 0.717) is 0 Å². The Morgan fingerprint density at radius 1 is 1.27 bits per heavy atom. The molecule has 0 aliphatic heterocycles. The molecule has 3 atom stereocenters. The molecule has 3 unspecified atom stereocenters. The lowest BCUT2D eigenvalue weighted by Gasteiger charge is -2.36. The van der Waals surface area contributed by atoms with Crippen LogP contribution in [-0.4, -0.2) is 12.6 Å². The second kappa shape index (κ2) is 6.52. The van der Waals surface area contributed by atoms with E-state index in [1.165, 1.54) is 38.6 Å². The molecular weight excluding hydrogens is 182 g/mol. The fraction of sp³-hybridized carbons (Fsp3) is 1.00. The summed E-state index contributed by atoms with van der Waals surface area (Å²) in [7, 11) is 0. The van der Waals surface area contributed by atoms with Gasteiger partial charge in [0.05, 0.1) is 0 Å². The molecular formula is C14H29N. The van der Waals surface area contributed by atoms with Gasteiger partial charge in [-0.2, -0.15) is 0 Å². The molecule has 0 amide bonds. The van der Waals surface area contributed by atoms with E-state index in [4.69, 9.17) is 0 Å². The predicted octanol–water partition coefficient (Wildman–Crippen LogP) is 3.84. The van der Waals surface area contributed by atoms with Gasteiger partial charge in [0.1, 0.15) is 0 Å². The fourth-order valence-corrected chi connectivity index (χ4v) is 2.96. The minimum absolute atomic E-state index is 0.809. The molecule has 1 aliphatic carbocycles. The Hall–Kier alpha value is -0.0400. The van der Waals surface area contributed by atoms with Crippen molar-refractivity contribution in [1.82, 2.24) is 5.32 Å². The third-order valence-electron chi connectivity index (χ3n) is 3.68. The molecule has 1 saturated carbocycles. The van der Waals surface area contributed by atoms with Crippen LogP contribution in [0.3, 0.4) is 0 Å². The van der Waals surface area contributed by atoms with Crippen molar-refractivity contribution in [2.75, 3.05) is 6.54 Å². The molecule has 0 heterocycles. The second-order valence-electron chi connectivity index (χ2n) is 5.87. The highest BCUT2D eigenvalue weighted by molar-refractivity contribution is 4.84. The molecule has 0 aromatic rings. The highest BCUT2D eigenvalue weighted by Gasteiger charge is 2.28. The average molecular weight is 211 g/mol. The van der Waals surface area contributed by atoms with Crippen LogP contribution in [0.5, 0.6) is 0 Å². The smallest absolute Gasteiger partial charge is 0.00956 e. The molecule has 0 spiro atoms. The molecule has 0 aromatic carbocycles. The average Bonchev–Trinajstić information content (AvgIpc) is 2.16. The molecule has 15 heavy (non-hydrogen) atoms. The molecule has 1 nitrogen and oxygen atoms in total. The van der Waals surface area contributed by atoms with Crippen molar-refractivity contribution in [2.45, 2.75) is 65.8 Å². The molecule has 0 bridgehead atoms. The monoisotopic (exact) mass is 211 g/mol. The number of nitrogens with one attached hydrogen (secondary N) is 1. The summed E-state index contributed by atoms with van der Waals surface area (Å²) in [5.74, 6) is 2.74. The molecule has 1 aliphatic rings. The van der Waals surface area contributed by atoms with Crippen LogP contribution in [0.15, 0.2) is 0 Å². The largest absolute Gasteiger partial charge is 0.314 e. The van der Waals surface area contributed by atoms with Crippen LogP contribution < -0.4 is 5.32 Å². The molecule has 90 valence electrons. The Morgan fingerprint density at radius 2 is 2.00 bits per heavy atom. The summed E-state index contributed by atoms with van der Waals surface area (Å²) >= 11 is 0. The Balaban J connectivity index is 2.42. The van der Waals surface area contributed by atoms with Gasteiger partial charge in [0.2, 0.25) is 0 Å². The zero-order valence-electron chi connectivity index (χ0n) is 11.1. The fourth-order valence-electron chi connectivity index (χ4n) is 2.96. The summed E-state index contributed by atoms with van der Waals surface area (Å²) in [5.41, 5.74) is 0. The third kappa shape index (κ3) is 4.55. The van der Waals surface area contributed by atoms with Gasteiger partial charge in [0.15, 0.2) is 0 Å². The molecule has 1 heteroatoms. The van der Waals surface area contributed by atoms with Gasteiger partial charge in [-0.3, -0.25) is 0 Å². The van der Waals surface area contributed by atoms with Crippen LogP contribution in [0.25, 0.3) is 0 Å². The van der Waals surface area contributed by atoms with Gasteiger partial charge in [0.25, 0.3) is 0 Å². The first-order chi connectivity index (χ1) is 7.13. The van der Waals surface area contributed by atoms with Crippen molar-refractivity contribution < 1.29 is 0 Å². The number of hydrogen-bond acceptors (Lipinski definition) is 1. The van der Waals surface area contributed by atoms with E-state index in [1.54, 1.807) is 0 Å². The summed E-state index contributed by atoms with van der Waals surface area (Å²) in [4.78, 5) is 0. The first kappa shape index (κ1) is 13.0. The standard InChI is InChI=1S/C14H29N/c1-5-8-15-14-7-6-12(4)10-13(14)9-11(2)3/h11-15H,5-10H2,1-4H3. The first-order valence-electron chi connectivity index (χ1n) is 6.86. The summed E-state index contributed by atoms with van der Waals surface area (Å²) < 4.78 is 0. The topological polar surface area (TPSA) is 12.0 Å². The van der Waals surface area contributed by atoms with Gasteiger partial charge < -0.3 is 5.32 Å². The zero-order chi connectivity index (χ0) is 11.3. The van der Waals surface area contributed by atoms with Crippen LogP contribution in [0.2, 0.25) is 0 Å². The lowest BCUT2D eigenvalue weighted by Crippen LogP contribution is -2.41. The summed E-state index contributed by atoms with van der Waals surface area (Å²) in [6, 6.07) is 0.809. The quantitative estimate of drug-likeness (QED) is 0.728. The van der Waals surface area contributed by atoms with E-state index < -0.39 is 0 Å². The van der Waals surface area contributed by atoms with E-state index >= 15 is 0 Å². The third-order valence-corrected chi connectivity index (χ3v) is 3.68. The maximum Gasteiger partial charge on any atom is 0.00956 e. The molecule has 0 aromatic heterocycles. The SMILES string of the molecule is CCCNC1CCC(C)CC1CC(C)C. The van der Waals surface area contributed by atoms with Crippen LogP contribution in [0.1, 0.15) is 59.8 Å². The van der Waals surface area contributed by atoms with E-state index in [2.05, 4.69) is 33.0 Å². The number of hydrogen-bond donors (Lipinski definition) is 1. The zero-order valence-corrected chi connectivity index (χ0v) is 11.1. The molecule has 1 N–H and O–H groups in total. The van der Waals surface area contributed by atoms with Crippen molar-refractivity contribution in [1.29, 1.82) is 0 Å². The van der Waals surface area contributed by atoms with E-state index in [9.17, 15) is 0 Å². The normalized spacial score (nSPS) is 32.2. The summed E-state index contributed by atoms with van der Waals surface area (Å²) in [5, 5.41) is 3.75. The molecule has 1 fully saturated rings. The van der Waals surface area contributed by atoms with Crippen molar-refractivity contribution in [2.24, 2.45) is 17.8 Å². The Labute approximate surface area is 96.0 Å². The highest BCUT2D eigenvalue weighted by Crippen LogP contribution is 2.33. The van der Waals surface area contributed by atoms with Crippen molar-refractivity contribution in [3.8, 4) is 0 Å². The Bertz CT molecular complexity index is 161. The predicted molar refractivity (Wildman–Crippen MR) is 68.0 cm³/mol. The Kier molecular flexibility index (Phi) is 5.66. The van der Waals surface area contributed by atoms with Crippen LogP contribution in [0.4, 0.5) is 0 Å².